The molecule has 0 amide bonds. The Labute approximate surface area is 93.6 Å². The van der Waals surface area contributed by atoms with E-state index in [1.807, 2.05) is 12.4 Å². The largest absolute Gasteiger partial charge is 0.491 e. The second kappa shape index (κ2) is 3.98. The van der Waals surface area contributed by atoms with Gasteiger partial charge in [0.2, 0.25) is 0 Å². The third kappa shape index (κ3) is 1.57. The van der Waals surface area contributed by atoms with Crippen LogP contribution in [0.4, 0.5) is 0 Å². The Morgan fingerprint density at radius 1 is 1.31 bits per heavy atom. The number of aromatic amines is 1. The molecule has 4 nitrogen and oxygen atoms in total. The number of H-pyrrole nitrogens is 1. The predicted octanol–water partition coefficient (Wildman–Crippen LogP) is 1.56. The lowest BCUT2D eigenvalue weighted by Gasteiger charge is -2.10. The molecule has 1 aliphatic rings. The van der Waals surface area contributed by atoms with Gasteiger partial charge in [-0.05, 0) is 0 Å². The highest BCUT2D eigenvalue weighted by molar-refractivity contribution is 5.71. The maximum Gasteiger partial charge on any atom is 0.131 e. The van der Waals surface area contributed by atoms with Crippen molar-refractivity contribution >= 4 is 0 Å². The van der Waals surface area contributed by atoms with E-state index in [0.717, 1.165) is 30.0 Å². The van der Waals surface area contributed by atoms with Gasteiger partial charge in [-0.3, -0.25) is 5.10 Å². The van der Waals surface area contributed by atoms with E-state index in [4.69, 9.17) is 4.74 Å². The third-order valence-corrected chi connectivity index (χ3v) is 2.75. The van der Waals surface area contributed by atoms with Gasteiger partial charge in [-0.2, -0.15) is 5.10 Å². The first kappa shape index (κ1) is 9.42. The number of fused-ring (bicyclic) bond motifs is 1. The Bertz CT molecular complexity index is 479. The number of hydrogen-bond acceptors (Lipinski definition) is 3. The van der Waals surface area contributed by atoms with Gasteiger partial charge in [-0.1, -0.05) is 18.2 Å². The van der Waals surface area contributed by atoms with Crippen LogP contribution in [-0.2, 0) is 6.54 Å². The lowest BCUT2D eigenvalue weighted by Crippen LogP contribution is -2.16. The molecule has 1 aliphatic heterocycles. The second-order valence-corrected chi connectivity index (χ2v) is 3.81. The topological polar surface area (TPSA) is 49.9 Å². The van der Waals surface area contributed by atoms with Crippen molar-refractivity contribution in [3.8, 4) is 16.9 Å². The van der Waals surface area contributed by atoms with Crippen molar-refractivity contribution in [2.24, 2.45) is 0 Å². The molecular formula is C12H13N3O. The number of ether oxygens (including phenoxy) is 1. The van der Waals surface area contributed by atoms with Crippen molar-refractivity contribution in [2.75, 3.05) is 13.2 Å². The first-order chi connectivity index (χ1) is 7.95. The molecule has 0 spiro atoms. The van der Waals surface area contributed by atoms with Crippen molar-refractivity contribution in [3.63, 3.8) is 0 Å². The molecule has 0 saturated heterocycles. The van der Waals surface area contributed by atoms with Gasteiger partial charge in [0.1, 0.15) is 12.4 Å². The van der Waals surface area contributed by atoms with Crippen LogP contribution in [0.15, 0.2) is 30.6 Å². The summed E-state index contributed by atoms with van der Waals surface area (Å²) in [7, 11) is 0. The minimum atomic E-state index is 0.710. The van der Waals surface area contributed by atoms with Crippen LogP contribution in [0.1, 0.15) is 5.56 Å². The molecule has 2 N–H and O–H groups in total. The molecule has 4 heteroatoms. The molecule has 2 aromatic rings. The van der Waals surface area contributed by atoms with Crippen LogP contribution in [0.2, 0.25) is 0 Å². The second-order valence-electron chi connectivity index (χ2n) is 3.81. The number of hydrogen-bond donors (Lipinski definition) is 2. The molecule has 0 atom stereocenters. The molecule has 0 bridgehead atoms. The van der Waals surface area contributed by atoms with Crippen LogP contribution in [0.5, 0.6) is 5.75 Å². The molecule has 0 fully saturated rings. The number of rotatable bonds is 1. The molecule has 0 aliphatic carbocycles. The van der Waals surface area contributed by atoms with Crippen LogP contribution in [0, 0.1) is 0 Å². The Morgan fingerprint density at radius 3 is 3.19 bits per heavy atom. The fraction of sp³-hybridized carbons (Fsp3) is 0.250. The van der Waals surface area contributed by atoms with Crippen molar-refractivity contribution in [3.05, 3.63) is 36.2 Å². The molecule has 2 heterocycles. The average Bonchev–Trinajstić information content (AvgIpc) is 2.73. The normalized spacial score (nSPS) is 15.0. The van der Waals surface area contributed by atoms with Crippen LogP contribution in [-0.4, -0.2) is 23.3 Å². The fourth-order valence-corrected chi connectivity index (χ4v) is 1.97. The summed E-state index contributed by atoms with van der Waals surface area (Å²) in [6.45, 7) is 2.46. The summed E-state index contributed by atoms with van der Waals surface area (Å²) in [6.07, 6.45) is 3.70. The minimum Gasteiger partial charge on any atom is -0.491 e. The van der Waals surface area contributed by atoms with E-state index in [-0.39, 0.29) is 0 Å². The van der Waals surface area contributed by atoms with Gasteiger partial charge in [0.25, 0.3) is 0 Å². The smallest absolute Gasteiger partial charge is 0.131 e. The number of benzene rings is 1. The van der Waals surface area contributed by atoms with Crippen LogP contribution in [0.3, 0.4) is 0 Å². The van der Waals surface area contributed by atoms with Crippen LogP contribution < -0.4 is 10.1 Å². The lowest BCUT2D eigenvalue weighted by atomic mass is 10.0. The zero-order chi connectivity index (χ0) is 10.8. The number of nitrogens with one attached hydrogen (secondary N) is 2. The molecular weight excluding hydrogens is 202 g/mol. The summed E-state index contributed by atoms with van der Waals surface area (Å²) in [6, 6.07) is 6.21. The fourth-order valence-electron chi connectivity index (χ4n) is 1.97. The molecule has 82 valence electrons. The van der Waals surface area contributed by atoms with Gasteiger partial charge in [0, 0.05) is 36.0 Å². The average molecular weight is 215 g/mol. The summed E-state index contributed by atoms with van der Waals surface area (Å²) < 4.78 is 5.80. The number of aromatic nitrogens is 2. The van der Waals surface area contributed by atoms with E-state index in [1.54, 1.807) is 0 Å². The first-order valence-corrected chi connectivity index (χ1v) is 5.40. The molecule has 0 unspecified atom stereocenters. The zero-order valence-corrected chi connectivity index (χ0v) is 8.86. The third-order valence-electron chi connectivity index (χ3n) is 2.75. The maximum absolute atomic E-state index is 5.80. The highest BCUT2D eigenvalue weighted by Gasteiger charge is 2.14. The van der Waals surface area contributed by atoms with Crippen LogP contribution >= 0.6 is 0 Å². The molecule has 16 heavy (non-hydrogen) atoms. The molecule has 1 aromatic carbocycles. The molecule has 1 aromatic heterocycles. The zero-order valence-electron chi connectivity index (χ0n) is 8.86. The van der Waals surface area contributed by atoms with Crippen molar-refractivity contribution in [1.29, 1.82) is 0 Å². The Balaban J connectivity index is 2.12. The summed E-state index contributed by atoms with van der Waals surface area (Å²) in [5.74, 6) is 0.980. The van der Waals surface area contributed by atoms with E-state index in [1.165, 1.54) is 5.56 Å². The lowest BCUT2D eigenvalue weighted by molar-refractivity contribution is 0.327. The molecule has 3 rings (SSSR count). The predicted molar refractivity (Wildman–Crippen MR) is 61.2 cm³/mol. The van der Waals surface area contributed by atoms with E-state index in [9.17, 15) is 0 Å². The monoisotopic (exact) mass is 215 g/mol. The number of para-hydroxylation sites is 1. The van der Waals surface area contributed by atoms with Crippen molar-refractivity contribution < 1.29 is 4.74 Å². The summed E-state index contributed by atoms with van der Waals surface area (Å²) >= 11 is 0. The maximum atomic E-state index is 5.80. The Kier molecular flexibility index (Phi) is 2.34. The highest BCUT2D eigenvalue weighted by atomic mass is 16.5. The molecule has 0 radical (unpaired) electrons. The van der Waals surface area contributed by atoms with Gasteiger partial charge in [-0.25, -0.2) is 0 Å². The van der Waals surface area contributed by atoms with Gasteiger partial charge in [-0.15, -0.1) is 0 Å². The van der Waals surface area contributed by atoms with E-state index in [2.05, 4.69) is 33.7 Å². The van der Waals surface area contributed by atoms with Gasteiger partial charge in [0.05, 0.1) is 6.20 Å². The van der Waals surface area contributed by atoms with E-state index < -0.39 is 0 Å². The van der Waals surface area contributed by atoms with Crippen molar-refractivity contribution in [1.82, 2.24) is 15.5 Å². The summed E-state index contributed by atoms with van der Waals surface area (Å²) in [5.41, 5.74) is 3.38. The van der Waals surface area contributed by atoms with Crippen LogP contribution in [0.25, 0.3) is 11.1 Å². The number of nitrogens with zero attached hydrogens (tertiary/aromatic N) is 1. The first-order valence-electron chi connectivity index (χ1n) is 5.40. The Hall–Kier alpha value is -1.81. The van der Waals surface area contributed by atoms with Gasteiger partial charge < -0.3 is 10.1 Å². The highest BCUT2D eigenvalue weighted by Crippen LogP contribution is 2.33. The van der Waals surface area contributed by atoms with Crippen molar-refractivity contribution in [2.45, 2.75) is 6.54 Å². The molecule has 0 saturated carbocycles. The summed E-state index contributed by atoms with van der Waals surface area (Å²) in [4.78, 5) is 0. The standard InChI is InChI=1S/C12H13N3O/c1-2-9-6-13-4-5-16-12(9)11(3-1)10-7-14-15-8-10/h1-3,7-8,13H,4-6H2,(H,14,15). The minimum absolute atomic E-state index is 0.710. The summed E-state index contributed by atoms with van der Waals surface area (Å²) in [5, 5.41) is 10.1. The van der Waals surface area contributed by atoms with Gasteiger partial charge in [0.15, 0.2) is 0 Å². The van der Waals surface area contributed by atoms with E-state index in [0.29, 0.717) is 6.61 Å². The quantitative estimate of drug-likeness (QED) is 0.759. The van der Waals surface area contributed by atoms with E-state index >= 15 is 0 Å². The Morgan fingerprint density at radius 2 is 2.31 bits per heavy atom. The van der Waals surface area contributed by atoms with Gasteiger partial charge >= 0.3 is 0 Å². The SMILES string of the molecule is c1cc2c(c(-c3cn[nH]c3)c1)OCCNC2.